The lowest BCUT2D eigenvalue weighted by atomic mass is 10.1. The summed E-state index contributed by atoms with van der Waals surface area (Å²) in [6.07, 6.45) is 5.86. The second-order valence-electron chi connectivity index (χ2n) is 3.70. The topological polar surface area (TPSA) is 49.3 Å². The smallest absolute Gasteiger partial charge is 0.335 e. The summed E-state index contributed by atoms with van der Waals surface area (Å²) in [5.74, 6) is 1.67. The zero-order chi connectivity index (χ0) is 12.0. The van der Waals surface area contributed by atoms with E-state index in [0.717, 1.165) is 5.56 Å². The minimum atomic E-state index is -0.904. The summed E-state index contributed by atoms with van der Waals surface area (Å²) >= 11 is 0. The van der Waals surface area contributed by atoms with E-state index < -0.39 is 5.97 Å². The van der Waals surface area contributed by atoms with Crippen LogP contribution in [-0.2, 0) is 6.54 Å². The molecular weight excluding hydrogens is 202 g/mol. The van der Waals surface area contributed by atoms with Crippen LogP contribution >= 0.6 is 0 Å². The fourth-order valence-electron chi connectivity index (χ4n) is 1.36. The van der Waals surface area contributed by atoms with Crippen LogP contribution in [0.25, 0.3) is 0 Å². The molecule has 3 heteroatoms. The van der Waals surface area contributed by atoms with Crippen LogP contribution in [0.2, 0.25) is 0 Å². The largest absolute Gasteiger partial charge is 0.478 e. The molecule has 0 saturated carbocycles. The summed E-state index contributed by atoms with van der Waals surface area (Å²) in [5.41, 5.74) is 1.26. The zero-order valence-electron chi connectivity index (χ0n) is 9.23. The van der Waals surface area contributed by atoms with Gasteiger partial charge in [-0.3, -0.25) is 0 Å². The van der Waals surface area contributed by atoms with Crippen molar-refractivity contribution in [2.45, 2.75) is 25.9 Å². The average molecular weight is 217 g/mol. The highest BCUT2D eigenvalue weighted by Gasteiger charge is 2.04. The predicted octanol–water partition coefficient (Wildman–Crippen LogP) is 1.89. The minimum absolute atomic E-state index is 0.235. The Morgan fingerprint density at radius 2 is 2.38 bits per heavy atom. The van der Waals surface area contributed by atoms with Gasteiger partial charge in [-0.05, 0) is 24.6 Å². The SMILES string of the molecule is C#CCC(C)NCc1cccc(C(=O)O)c1. The predicted molar refractivity (Wildman–Crippen MR) is 63.2 cm³/mol. The molecule has 3 nitrogen and oxygen atoms in total. The Bertz CT molecular complexity index is 407. The van der Waals surface area contributed by atoms with Crippen LogP contribution in [0, 0.1) is 12.3 Å². The first-order chi connectivity index (χ1) is 7.63. The quantitative estimate of drug-likeness (QED) is 0.740. The maximum absolute atomic E-state index is 10.7. The third-order valence-electron chi connectivity index (χ3n) is 2.25. The number of aromatic carboxylic acids is 1. The van der Waals surface area contributed by atoms with Gasteiger partial charge in [-0.15, -0.1) is 12.3 Å². The summed E-state index contributed by atoms with van der Waals surface area (Å²) in [7, 11) is 0. The van der Waals surface area contributed by atoms with E-state index in [1.807, 2.05) is 13.0 Å². The highest BCUT2D eigenvalue weighted by atomic mass is 16.4. The van der Waals surface area contributed by atoms with Gasteiger partial charge in [-0.1, -0.05) is 12.1 Å². The molecule has 0 heterocycles. The number of hydrogen-bond acceptors (Lipinski definition) is 2. The number of terminal acetylenes is 1. The normalized spacial score (nSPS) is 11.8. The van der Waals surface area contributed by atoms with E-state index in [9.17, 15) is 4.79 Å². The molecule has 84 valence electrons. The van der Waals surface area contributed by atoms with Crippen LogP contribution in [0.4, 0.5) is 0 Å². The lowest BCUT2D eigenvalue weighted by Crippen LogP contribution is -2.24. The van der Waals surface area contributed by atoms with Gasteiger partial charge < -0.3 is 10.4 Å². The Hall–Kier alpha value is -1.79. The Morgan fingerprint density at radius 3 is 3.00 bits per heavy atom. The maximum atomic E-state index is 10.7. The molecular formula is C13H15NO2. The maximum Gasteiger partial charge on any atom is 0.335 e. The van der Waals surface area contributed by atoms with E-state index in [4.69, 9.17) is 11.5 Å². The molecule has 1 atom stereocenters. The first-order valence-corrected chi connectivity index (χ1v) is 5.12. The second kappa shape index (κ2) is 5.94. The van der Waals surface area contributed by atoms with Gasteiger partial charge in [0.05, 0.1) is 5.56 Å². The van der Waals surface area contributed by atoms with Crippen LogP contribution in [0.3, 0.4) is 0 Å². The van der Waals surface area contributed by atoms with Gasteiger partial charge in [-0.25, -0.2) is 4.79 Å². The van der Waals surface area contributed by atoms with Gasteiger partial charge in [0.2, 0.25) is 0 Å². The van der Waals surface area contributed by atoms with Crippen LogP contribution < -0.4 is 5.32 Å². The van der Waals surface area contributed by atoms with Crippen LogP contribution in [0.15, 0.2) is 24.3 Å². The Kier molecular flexibility index (Phi) is 4.56. The Morgan fingerprint density at radius 1 is 1.62 bits per heavy atom. The first kappa shape index (κ1) is 12.3. The molecule has 16 heavy (non-hydrogen) atoms. The number of benzene rings is 1. The Labute approximate surface area is 95.5 Å². The monoisotopic (exact) mass is 217 g/mol. The van der Waals surface area contributed by atoms with Gasteiger partial charge in [0.1, 0.15) is 0 Å². The van der Waals surface area contributed by atoms with Crippen molar-refractivity contribution in [3.8, 4) is 12.3 Å². The Balaban J connectivity index is 2.58. The number of carboxylic acid groups (broad SMARTS) is 1. The third kappa shape index (κ3) is 3.76. The molecule has 2 N–H and O–H groups in total. The van der Waals surface area contributed by atoms with Crippen molar-refractivity contribution in [2.24, 2.45) is 0 Å². The molecule has 0 aliphatic carbocycles. The third-order valence-corrected chi connectivity index (χ3v) is 2.25. The molecule has 0 spiro atoms. The molecule has 0 fully saturated rings. The summed E-state index contributed by atoms with van der Waals surface area (Å²) in [5, 5.41) is 12.1. The summed E-state index contributed by atoms with van der Waals surface area (Å²) in [6, 6.07) is 7.11. The minimum Gasteiger partial charge on any atom is -0.478 e. The fourth-order valence-corrected chi connectivity index (χ4v) is 1.36. The molecule has 0 aliphatic rings. The summed E-state index contributed by atoms with van der Waals surface area (Å²) in [4.78, 5) is 10.7. The molecule has 0 saturated heterocycles. The molecule has 0 aliphatic heterocycles. The number of rotatable bonds is 5. The van der Waals surface area contributed by atoms with Gasteiger partial charge in [0.15, 0.2) is 0 Å². The van der Waals surface area contributed by atoms with Gasteiger partial charge >= 0.3 is 5.97 Å². The molecule has 1 aromatic carbocycles. The van der Waals surface area contributed by atoms with Crippen molar-refractivity contribution in [3.63, 3.8) is 0 Å². The number of carboxylic acids is 1. The van der Waals surface area contributed by atoms with Gasteiger partial charge in [0.25, 0.3) is 0 Å². The molecule has 1 unspecified atom stereocenters. The zero-order valence-corrected chi connectivity index (χ0v) is 9.23. The molecule has 0 amide bonds. The second-order valence-corrected chi connectivity index (χ2v) is 3.70. The van der Waals surface area contributed by atoms with E-state index in [1.54, 1.807) is 18.2 Å². The van der Waals surface area contributed by atoms with Crippen LogP contribution in [-0.4, -0.2) is 17.1 Å². The van der Waals surface area contributed by atoms with Crippen LogP contribution in [0.1, 0.15) is 29.3 Å². The van der Waals surface area contributed by atoms with Crippen LogP contribution in [0.5, 0.6) is 0 Å². The van der Waals surface area contributed by atoms with E-state index in [1.165, 1.54) is 0 Å². The van der Waals surface area contributed by atoms with Crippen molar-refractivity contribution >= 4 is 5.97 Å². The standard InChI is InChI=1S/C13H15NO2/c1-3-5-10(2)14-9-11-6-4-7-12(8-11)13(15)16/h1,4,6-8,10,14H,5,9H2,2H3,(H,15,16). The van der Waals surface area contributed by atoms with Gasteiger partial charge in [0, 0.05) is 19.0 Å². The van der Waals surface area contributed by atoms with Gasteiger partial charge in [-0.2, -0.15) is 0 Å². The van der Waals surface area contributed by atoms with Crippen molar-refractivity contribution in [1.29, 1.82) is 0 Å². The first-order valence-electron chi connectivity index (χ1n) is 5.12. The van der Waals surface area contributed by atoms with Crippen molar-refractivity contribution < 1.29 is 9.90 Å². The number of hydrogen-bond donors (Lipinski definition) is 2. The van der Waals surface area contributed by atoms with Crippen molar-refractivity contribution in [1.82, 2.24) is 5.32 Å². The lowest BCUT2D eigenvalue weighted by Gasteiger charge is -2.10. The van der Waals surface area contributed by atoms with E-state index in [0.29, 0.717) is 18.5 Å². The highest BCUT2D eigenvalue weighted by Crippen LogP contribution is 2.05. The average Bonchev–Trinajstić information content (AvgIpc) is 2.27. The molecule has 1 aromatic rings. The molecule has 0 radical (unpaired) electrons. The molecule has 1 rings (SSSR count). The van der Waals surface area contributed by atoms with E-state index in [-0.39, 0.29) is 6.04 Å². The lowest BCUT2D eigenvalue weighted by molar-refractivity contribution is 0.0697. The fraction of sp³-hybridized carbons (Fsp3) is 0.308. The van der Waals surface area contributed by atoms with E-state index in [2.05, 4.69) is 11.2 Å². The van der Waals surface area contributed by atoms with Crippen molar-refractivity contribution in [2.75, 3.05) is 0 Å². The van der Waals surface area contributed by atoms with E-state index >= 15 is 0 Å². The molecule has 0 bridgehead atoms. The summed E-state index contributed by atoms with van der Waals surface area (Å²) < 4.78 is 0. The van der Waals surface area contributed by atoms with Crippen molar-refractivity contribution in [3.05, 3.63) is 35.4 Å². The summed E-state index contributed by atoms with van der Waals surface area (Å²) in [6.45, 7) is 2.63. The highest BCUT2D eigenvalue weighted by molar-refractivity contribution is 5.87. The number of carbonyl (C=O) groups is 1. The number of nitrogens with one attached hydrogen (secondary N) is 1. The molecule has 0 aromatic heterocycles.